The van der Waals surface area contributed by atoms with Gasteiger partial charge < -0.3 is 19.5 Å². The maximum absolute atomic E-state index is 10.5. The number of ether oxygens (including phenoxy) is 2. The second-order valence-corrected chi connectivity index (χ2v) is 7.06. The van der Waals surface area contributed by atoms with E-state index < -0.39 is 0 Å². The van der Waals surface area contributed by atoms with Crippen molar-refractivity contribution in [2.45, 2.75) is 0 Å². The number of benzene rings is 2. The number of hydrogen-bond donors (Lipinski definition) is 2. The van der Waals surface area contributed by atoms with E-state index in [4.69, 9.17) is 14.9 Å². The molecule has 2 heterocycles. The molecule has 0 radical (unpaired) electrons. The molecule has 28 heavy (non-hydrogen) atoms. The molecule has 1 aromatic heterocycles. The average molecular weight is 393 g/mol. The molecular weight excluding hydrogens is 374 g/mol. The van der Waals surface area contributed by atoms with Crippen LogP contribution >= 0.6 is 11.3 Å². The molecule has 3 aromatic rings. The third kappa shape index (κ3) is 3.10. The third-order valence-electron chi connectivity index (χ3n) is 4.57. The Balaban J connectivity index is 1.64. The fraction of sp³-hybridized carbons (Fsp3) is 0.143. The van der Waals surface area contributed by atoms with Gasteiger partial charge in [-0.25, -0.2) is 4.98 Å². The van der Waals surface area contributed by atoms with E-state index in [2.05, 4.69) is 4.98 Å². The lowest BCUT2D eigenvalue weighted by atomic mass is 10.1. The summed E-state index contributed by atoms with van der Waals surface area (Å²) in [6.45, 7) is 0.267. The van der Waals surface area contributed by atoms with Crippen LogP contribution < -0.4 is 14.4 Å². The Kier molecular flexibility index (Phi) is 4.75. The minimum absolute atomic E-state index is 0.155. The number of nitrogens with one attached hydrogen (secondary N) is 1. The van der Waals surface area contributed by atoms with E-state index in [-0.39, 0.29) is 18.1 Å². The Hall–Kier alpha value is -3.32. The van der Waals surface area contributed by atoms with Crippen molar-refractivity contribution in [2.75, 3.05) is 25.7 Å². The lowest BCUT2D eigenvalue weighted by Gasteiger charge is -2.18. The molecule has 1 aliphatic rings. The fourth-order valence-electron chi connectivity index (χ4n) is 3.15. The summed E-state index contributed by atoms with van der Waals surface area (Å²) in [6, 6.07) is 15.2. The van der Waals surface area contributed by atoms with E-state index in [0.717, 1.165) is 16.9 Å². The summed E-state index contributed by atoms with van der Waals surface area (Å²) in [6.07, 6.45) is 0. The Morgan fingerprint density at radius 2 is 1.82 bits per heavy atom. The van der Waals surface area contributed by atoms with Crippen molar-refractivity contribution in [2.24, 2.45) is 0 Å². The highest BCUT2D eigenvalue weighted by atomic mass is 32.1. The standard InChI is InChI=1S/C21H19N3O3S/c1-26-17-9-8-13(10-18(17)27-2)15-12-28-21(23-15)19-16(25)11-24(20(19)22)14-6-4-3-5-7-14/h3-10,12,22,25H,11H2,1-2H3. The summed E-state index contributed by atoms with van der Waals surface area (Å²) in [4.78, 5) is 6.43. The minimum atomic E-state index is 0.155. The third-order valence-corrected chi connectivity index (χ3v) is 5.43. The molecule has 7 heteroatoms. The maximum atomic E-state index is 10.5. The molecule has 0 fully saturated rings. The molecule has 0 aliphatic carbocycles. The Morgan fingerprint density at radius 3 is 2.54 bits per heavy atom. The molecule has 0 amide bonds. The lowest BCUT2D eigenvalue weighted by Crippen LogP contribution is -2.25. The van der Waals surface area contributed by atoms with Crippen LogP contribution in [-0.2, 0) is 0 Å². The Morgan fingerprint density at radius 1 is 1.07 bits per heavy atom. The largest absolute Gasteiger partial charge is 0.510 e. The van der Waals surface area contributed by atoms with E-state index >= 15 is 0 Å². The average Bonchev–Trinajstić information content (AvgIpc) is 3.32. The molecular formula is C21H19N3O3S. The molecule has 2 aromatic carbocycles. The monoisotopic (exact) mass is 393 g/mol. The van der Waals surface area contributed by atoms with E-state index in [1.54, 1.807) is 19.1 Å². The number of hydrogen-bond acceptors (Lipinski definition) is 6. The van der Waals surface area contributed by atoms with E-state index in [9.17, 15) is 5.11 Å². The highest BCUT2D eigenvalue weighted by Gasteiger charge is 2.31. The van der Waals surface area contributed by atoms with Crippen LogP contribution in [-0.4, -0.2) is 36.7 Å². The predicted molar refractivity (Wildman–Crippen MR) is 112 cm³/mol. The molecule has 1 aliphatic heterocycles. The van der Waals surface area contributed by atoms with Gasteiger partial charge in [0.05, 0.1) is 32.0 Å². The van der Waals surface area contributed by atoms with Gasteiger partial charge in [0.25, 0.3) is 0 Å². The number of nitrogens with zero attached hydrogens (tertiary/aromatic N) is 2. The number of para-hydroxylation sites is 1. The number of aliphatic hydroxyl groups excluding tert-OH is 1. The molecule has 0 atom stereocenters. The first kappa shape index (κ1) is 18.1. The number of aliphatic hydroxyl groups is 1. The zero-order valence-corrected chi connectivity index (χ0v) is 16.3. The molecule has 0 saturated carbocycles. The zero-order chi connectivity index (χ0) is 19.7. The summed E-state index contributed by atoms with van der Waals surface area (Å²) in [5, 5.41) is 21.6. The van der Waals surface area contributed by atoms with Crippen molar-refractivity contribution in [1.29, 1.82) is 5.41 Å². The van der Waals surface area contributed by atoms with Crippen LogP contribution in [0, 0.1) is 5.41 Å². The van der Waals surface area contributed by atoms with E-state index in [0.29, 0.717) is 22.1 Å². The zero-order valence-electron chi connectivity index (χ0n) is 15.5. The van der Waals surface area contributed by atoms with Crippen molar-refractivity contribution in [1.82, 2.24) is 4.98 Å². The van der Waals surface area contributed by atoms with Gasteiger partial charge in [-0.05, 0) is 30.3 Å². The van der Waals surface area contributed by atoms with E-state index in [1.807, 2.05) is 53.9 Å². The van der Waals surface area contributed by atoms with Crippen molar-refractivity contribution in [3.05, 3.63) is 64.7 Å². The minimum Gasteiger partial charge on any atom is -0.510 e. The number of anilines is 1. The van der Waals surface area contributed by atoms with Gasteiger partial charge in [-0.3, -0.25) is 5.41 Å². The smallest absolute Gasteiger partial charge is 0.161 e. The summed E-state index contributed by atoms with van der Waals surface area (Å²) in [7, 11) is 3.19. The number of rotatable bonds is 5. The maximum Gasteiger partial charge on any atom is 0.161 e. The van der Waals surface area contributed by atoms with Gasteiger partial charge in [-0.1, -0.05) is 18.2 Å². The van der Waals surface area contributed by atoms with Crippen LogP contribution in [0.3, 0.4) is 0 Å². The van der Waals surface area contributed by atoms with Gasteiger partial charge in [0, 0.05) is 16.6 Å². The van der Waals surface area contributed by atoms with Crippen LogP contribution in [0.15, 0.2) is 59.7 Å². The van der Waals surface area contributed by atoms with Gasteiger partial charge in [0.15, 0.2) is 11.5 Å². The first-order valence-electron chi connectivity index (χ1n) is 8.64. The highest BCUT2D eigenvalue weighted by Crippen LogP contribution is 2.36. The molecule has 2 N–H and O–H groups in total. The van der Waals surface area contributed by atoms with Gasteiger partial charge in [0.2, 0.25) is 0 Å². The topological polar surface area (TPSA) is 78.7 Å². The number of aromatic nitrogens is 1. The molecule has 0 unspecified atom stereocenters. The highest BCUT2D eigenvalue weighted by molar-refractivity contribution is 7.11. The first-order valence-corrected chi connectivity index (χ1v) is 9.52. The van der Waals surface area contributed by atoms with Gasteiger partial charge in [-0.2, -0.15) is 0 Å². The van der Waals surface area contributed by atoms with Gasteiger partial charge in [0.1, 0.15) is 16.6 Å². The summed E-state index contributed by atoms with van der Waals surface area (Å²) in [5.41, 5.74) is 2.98. The normalized spacial score (nSPS) is 13.9. The van der Waals surface area contributed by atoms with E-state index in [1.165, 1.54) is 11.3 Å². The molecule has 142 valence electrons. The van der Waals surface area contributed by atoms with Crippen molar-refractivity contribution in [3.8, 4) is 22.8 Å². The van der Waals surface area contributed by atoms with Crippen molar-refractivity contribution < 1.29 is 14.6 Å². The van der Waals surface area contributed by atoms with Crippen LogP contribution in [0.1, 0.15) is 5.01 Å². The molecule has 4 rings (SSSR count). The Bertz CT molecular complexity index is 1060. The van der Waals surface area contributed by atoms with Crippen molar-refractivity contribution in [3.63, 3.8) is 0 Å². The number of amidine groups is 1. The Labute approximate surface area is 166 Å². The molecule has 0 spiro atoms. The number of thiazole rings is 1. The van der Waals surface area contributed by atoms with Crippen LogP contribution in [0.5, 0.6) is 11.5 Å². The quantitative estimate of drug-likeness (QED) is 0.663. The van der Waals surface area contributed by atoms with Crippen molar-refractivity contribution >= 4 is 28.4 Å². The van der Waals surface area contributed by atoms with Gasteiger partial charge in [-0.15, -0.1) is 11.3 Å². The van der Waals surface area contributed by atoms with Crippen LogP contribution in [0.25, 0.3) is 16.8 Å². The lowest BCUT2D eigenvalue weighted by molar-refractivity contribution is 0.355. The molecule has 0 bridgehead atoms. The molecule has 0 saturated heterocycles. The summed E-state index contributed by atoms with van der Waals surface area (Å²) < 4.78 is 10.6. The second kappa shape index (κ2) is 7.36. The summed E-state index contributed by atoms with van der Waals surface area (Å²) >= 11 is 1.40. The molecule has 6 nitrogen and oxygen atoms in total. The second-order valence-electron chi connectivity index (χ2n) is 6.20. The predicted octanol–water partition coefficient (Wildman–Crippen LogP) is 4.59. The number of methoxy groups -OCH3 is 2. The van der Waals surface area contributed by atoms with Crippen LogP contribution in [0.2, 0.25) is 0 Å². The van der Waals surface area contributed by atoms with Crippen LogP contribution in [0.4, 0.5) is 5.69 Å². The fourth-order valence-corrected chi connectivity index (χ4v) is 4.04. The summed E-state index contributed by atoms with van der Waals surface area (Å²) in [5.74, 6) is 1.68. The van der Waals surface area contributed by atoms with Gasteiger partial charge >= 0.3 is 0 Å². The SMILES string of the molecule is COc1ccc(-c2csc(C3=C(O)CN(c4ccccc4)C3=N)n2)cc1OC. The first-order chi connectivity index (χ1) is 13.6.